The van der Waals surface area contributed by atoms with Gasteiger partial charge in [-0.15, -0.1) is 10.2 Å². The highest BCUT2D eigenvalue weighted by molar-refractivity contribution is 6.31. The number of hydrogen-bond acceptors (Lipinski definition) is 4. The molecule has 1 unspecified atom stereocenters. The van der Waals surface area contributed by atoms with Gasteiger partial charge in [-0.3, -0.25) is 0 Å². The van der Waals surface area contributed by atoms with Crippen molar-refractivity contribution in [3.63, 3.8) is 0 Å². The number of aliphatic imine (C=N–C) groups is 1. The number of hydrogen-bond donors (Lipinski definition) is 2. The zero-order valence-electron chi connectivity index (χ0n) is 17.7. The van der Waals surface area contributed by atoms with Crippen LogP contribution in [-0.2, 0) is 20.1 Å². The van der Waals surface area contributed by atoms with E-state index >= 15 is 0 Å². The Morgan fingerprint density at radius 3 is 2.53 bits per heavy atom. The van der Waals surface area contributed by atoms with Crippen molar-refractivity contribution in [2.75, 3.05) is 7.11 Å². The summed E-state index contributed by atoms with van der Waals surface area (Å²) in [5.41, 5.74) is 2.09. The van der Waals surface area contributed by atoms with Gasteiger partial charge >= 0.3 is 0 Å². The Labute approximate surface area is 182 Å². The lowest BCUT2D eigenvalue weighted by molar-refractivity contribution is 0.414. The maximum atomic E-state index is 6.37. The zero-order chi connectivity index (χ0) is 21.5. The van der Waals surface area contributed by atoms with Crippen molar-refractivity contribution in [3.05, 3.63) is 76.3 Å². The molecular weight excluding hydrogens is 400 g/mol. The predicted octanol–water partition coefficient (Wildman–Crippen LogP) is 3.78. The summed E-state index contributed by atoms with van der Waals surface area (Å²) in [5, 5.41) is 15.8. The van der Waals surface area contributed by atoms with E-state index < -0.39 is 0 Å². The molecule has 0 amide bonds. The Hall–Kier alpha value is -3.06. The molecule has 3 aromatic rings. The van der Waals surface area contributed by atoms with Gasteiger partial charge in [-0.25, -0.2) is 4.99 Å². The van der Waals surface area contributed by atoms with Crippen LogP contribution >= 0.6 is 11.6 Å². The highest BCUT2D eigenvalue weighted by Gasteiger charge is 2.12. The van der Waals surface area contributed by atoms with Crippen molar-refractivity contribution in [1.82, 2.24) is 25.4 Å². The molecule has 158 valence electrons. The minimum Gasteiger partial charge on any atom is -0.497 e. The molecule has 1 atom stereocenters. The molecule has 0 aliphatic rings. The molecule has 0 saturated heterocycles. The molecule has 30 heavy (non-hydrogen) atoms. The van der Waals surface area contributed by atoms with E-state index in [9.17, 15) is 0 Å². The van der Waals surface area contributed by atoms with Crippen molar-refractivity contribution in [2.45, 2.75) is 33.0 Å². The second-order valence-electron chi connectivity index (χ2n) is 6.98. The van der Waals surface area contributed by atoms with E-state index in [1.807, 2.05) is 67.1 Å². The largest absolute Gasteiger partial charge is 0.497 e. The van der Waals surface area contributed by atoms with Crippen LogP contribution in [0.4, 0.5) is 0 Å². The van der Waals surface area contributed by atoms with Crippen LogP contribution in [0.15, 0.2) is 53.5 Å². The van der Waals surface area contributed by atoms with Crippen LogP contribution in [0.25, 0.3) is 0 Å². The Balaban J connectivity index is 1.75. The van der Waals surface area contributed by atoms with Gasteiger partial charge in [0.05, 0.1) is 26.2 Å². The Kier molecular flexibility index (Phi) is 7.30. The van der Waals surface area contributed by atoms with E-state index in [1.54, 1.807) is 7.11 Å². The average Bonchev–Trinajstić information content (AvgIpc) is 3.08. The number of nitrogens with one attached hydrogen (secondary N) is 2. The average molecular weight is 427 g/mol. The second-order valence-corrected chi connectivity index (χ2v) is 7.38. The molecular formula is C22H27ClN6O. The number of methoxy groups -OCH3 is 1. The third-order valence-electron chi connectivity index (χ3n) is 4.90. The summed E-state index contributed by atoms with van der Waals surface area (Å²) < 4.78 is 7.17. The molecule has 0 saturated carbocycles. The van der Waals surface area contributed by atoms with Crippen LogP contribution in [0.3, 0.4) is 0 Å². The highest BCUT2D eigenvalue weighted by atomic mass is 35.5. The normalized spacial score (nSPS) is 12.5. The van der Waals surface area contributed by atoms with Crippen molar-refractivity contribution >= 4 is 17.6 Å². The molecule has 7 nitrogen and oxygen atoms in total. The molecule has 3 rings (SSSR count). The molecule has 1 heterocycles. The van der Waals surface area contributed by atoms with Crippen molar-refractivity contribution in [1.29, 1.82) is 0 Å². The summed E-state index contributed by atoms with van der Waals surface area (Å²) >= 11 is 6.37. The van der Waals surface area contributed by atoms with Crippen LogP contribution in [0.2, 0.25) is 5.02 Å². The summed E-state index contributed by atoms with van der Waals surface area (Å²) in [4.78, 5) is 4.75. The highest BCUT2D eigenvalue weighted by Crippen LogP contribution is 2.22. The van der Waals surface area contributed by atoms with Gasteiger partial charge < -0.3 is 19.9 Å². The first-order valence-electron chi connectivity index (χ1n) is 9.75. The summed E-state index contributed by atoms with van der Waals surface area (Å²) in [5.74, 6) is 3.18. The van der Waals surface area contributed by atoms with Gasteiger partial charge in [0.25, 0.3) is 0 Å². The minimum absolute atomic E-state index is 0.0259. The molecule has 0 radical (unpaired) electrons. The number of rotatable bonds is 7. The second kappa shape index (κ2) is 10.1. The fourth-order valence-electron chi connectivity index (χ4n) is 2.93. The number of guanidine groups is 1. The first kappa shape index (κ1) is 21.6. The van der Waals surface area contributed by atoms with Gasteiger partial charge in [0, 0.05) is 12.1 Å². The Morgan fingerprint density at radius 2 is 1.90 bits per heavy atom. The number of aromatic nitrogens is 3. The number of benzene rings is 2. The van der Waals surface area contributed by atoms with E-state index in [0.717, 1.165) is 33.5 Å². The van der Waals surface area contributed by atoms with E-state index in [2.05, 4.69) is 27.8 Å². The van der Waals surface area contributed by atoms with Crippen LogP contribution in [0.5, 0.6) is 5.75 Å². The molecule has 1 aromatic heterocycles. The maximum absolute atomic E-state index is 6.37. The first-order valence-corrected chi connectivity index (χ1v) is 10.1. The Morgan fingerprint density at radius 1 is 1.17 bits per heavy atom. The third-order valence-corrected chi connectivity index (χ3v) is 5.24. The lowest BCUT2D eigenvalue weighted by atomic mass is 10.1. The summed E-state index contributed by atoms with van der Waals surface area (Å²) in [6, 6.07) is 15.6. The SMILES string of the molecule is COc1ccc(CN=C(NCc2nnc(C)n2C)NC(C)c2ccccc2Cl)cc1. The van der Waals surface area contributed by atoms with Gasteiger partial charge in [0.15, 0.2) is 11.8 Å². The standard InChI is InChI=1S/C22H27ClN6O/c1-15(19-7-5-6-8-20(19)23)26-22(25-14-21-28-27-16(2)29(21)3)24-13-17-9-11-18(30-4)12-10-17/h5-12,15H,13-14H2,1-4H3,(H2,24,25,26). The summed E-state index contributed by atoms with van der Waals surface area (Å²) in [7, 11) is 3.60. The number of aryl methyl sites for hydroxylation is 1. The topological polar surface area (TPSA) is 76.4 Å². The number of ether oxygens (including phenoxy) is 1. The van der Waals surface area contributed by atoms with Gasteiger partial charge in [0.2, 0.25) is 0 Å². The molecule has 0 aliphatic heterocycles. The number of nitrogens with zero attached hydrogens (tertiary/aromatic N) is 4. The fraction of sp³-hybridized carbons (Fsp3) is 0.318. The fourth-order valence-corrected chi connectivity index (χ4v) is 3.23. The van der Waals surface area contributed by atoms with Gasteiger partial charge in [0.1, 0.15) is 11.6 Å². The van der Waals surface area contributed by atoms with Crippen LogP contribution in [0.1, 0.15) is 35.7 Å². The monoisotopic (exact) mass is 426 g/mol. The van der Waals surface area contributed by atoms with Gasteiger partial charge in [-0.2, -0.15) is 0 Å². The van der Waals surface area contributed by atoms with Gasteiger partial charge in [-0.05, 0) is 43.2 Å². The molecule has 0 aliphatic carbocycles. The van der Waals surface area contributed by atoms with E-state index in [4.69, 9.17) is 21.3 Å². The Bertz CT molecular complexity index is 999. The first-order chi connectivity index (χ1) is 14.5. The zero-order valence-corrected chi connectivity index (χ0v) is 18.4. The summed E-state index contributed by atoms with van der Waals surface area (Å²) in [6.07, 6.45) is 0. The van der Waals surface area contributed by atoms with Crippen molar-refractivity contribution in [3.8, 4) is 5.75 Å². The third kappa shape index (κ3) is 5.51. The molecule has 0 bridgehead atoms. The minimum atomic E-state index is -0.0259. The van der Waals surface area contributed by atoms with E-state index in [1.165, 1.54) is 0 Å². The van der Waals surface area contributed by atoms with E-state index in [0.29, 0.717) is 19.0 Å². The van der Waals surface area contributed by atoms with Gasteiger partial charge in [-0.1, -0.05) is 41.9 Å². The van der Waals surface area contributed by atoms with Crippen molar-refractivity contribution < 1.29 is 4.74 Å². The lowest BCUT2D eigenvalue weighted by Gasteiger charge is -2.19. The predicted molar refractivity (Wildman–Crippen MR) is 120 cm³/mol. The molecule has 2 aromatic carbocycles. The molecule has 0 spiro atoms. The van der Waals surface area contributed by atoms with Crippen LogP contribution in [0, 0.1) is 6.92 Å². The molecule has 2 N–H and O–H groups in total. The van der Waals surface area contributed by atoms with Crippen LogP contribution in [-0.4, -0.2) is 27.8 Å². The molecule has 0 fully saturated rings. The van der Waals surface area contributed by atoms with Crippen molar-refractivity contribution in [2.24, 2.45) is 12.0 Å². The lowest BCUT2D eigenvalue weighted by Crippen LogP contribution is -2.39. The smallest absolute Gasteiger partial charge is 0.192 e. The maximum Gasteiger partial charge on any atom is 0.192 e. The van der Waals surface area contributed by atoms with E-state index in [-0.39, 0.29) is 6.04 Å². The molecule has 8 heteroatoms. The quantitative estimate of drug-likeness (QED) is 0.444. The number of halogens is 1. The van der Waals surface area contributed by atoms with Crippen LogP contribution < -0.4 is 15.4 Å². The summed E-state index contributed by atoms with van der Waals surface area (Å²) in [6.45, 7) is 5.00.